The van der Waals surface area contributed by atoms with E-state index in [0.717, 1.165) is 37.0 Å². The summed E-state index contributed by atoms with van der Waals surface area (Å²) in [6, 6.07) is 7.73. The number of likely N-dealkylation sites (tertiary alicyclic amines) is 1. The van der Waals surface area contributed by atoms with Crippen LogP contribution in [-0.4, -0.2) is 58.5 Å². The summed E-state index contributed by atoms with van der Waals surface area (Å²) in [5, 5.41) is 3.10. The van der Waals surface area contributed by atoms with Crippen molar-refractivity contribution in [3.63, 3.8) is 0 Å². The molecule has 2 N–H and O–H groups in total. The highest BCUT2D eigenvalue weighted by atomic mass is 16.5. The smallest absolute Gasteiger partial charge is 0.289 e. The summed E-state index contributed by atoms with van der Waals surface area (Å²) in [4.78, 5) is 34.3. The van der Waals surface area contributed by atoms with E-state index in [4.69, 9.17) is 4.74 Å². The molecule has 7 nitrogen and oxygen atoms in total. The number of aromatic amines is 1. The van der Waals surface area contributed by atoms with E-state index in [1.807, 2.05) is 29.2 Å². The maximum atomic E-state index is 13.1. The van der Waals surface area contributed by atoms with Gasteiger partial charge in [0, 0.05) is 26.6 Å². The molecule has 0 spiro atoms. The molecule has 2 amide bonds. The summed E-state index contributed by atoms with van der Waals surface area (Å²) in [6.45, 7) is 3.80. The number of imidazole rings is 1. The predicted octanol–water partition coefficient (Wildman–Crippen LogP) is 2.34. The van der Waals surface area contributed by atoms with Gasteiger partial charge in [-0.15, -0.1) is 0 Å². The van der Waals surface area contributed by atoms with E-state index in [-0.39, 0.29) is 24.0 Å². The molecular formula is C22H28N4O3. The molecular weight excluding hydrogens is 368 g/mol. The fourth-order valence-corrected chi connectivity index (χ4v) is 4.92. The number of carbonyl (C=O) groups excluding carboxylic acids is 2. The molecule has 2 heterocycles. The van der Waals surface area contributed by atoms with Crippen LogP contribution < -0.4 is 5.32 Å². The Bertz CT molecular complexity index is 889. The molecule has 4 atom stereocenters. The molecule has 3 aliphatic rings. The van der Waals surface area contributed by atoms with Crippen molar-refractivity contribution in [3.8, 4) is 0 Å². The van der Waals surface area contributed by atoms with Gasteiger partial charge in [0.05, 0.1) is 23.2 Å². The van der Waals surface area contributed by atoms with E-state index in [9.17, 15) is 9.59 Å². The lowest BCUT2D eigenvalue weighted by atomic mass is 9.77. The van der Waals surface area contributed by atoms with E-state index < -0.39 is 0 Å². The van der Waals surface area contributed by atoms with E-state index in [1.54, 1.807) is 6.92 Å². The van der Waals surface area contributed by atoms with Crippen molar-refractivity contribution in [3.05, 3.63) is 30.1 Å². The Morgan fingerprint density at radius 1 is 1.21 bits per heavy atom. The number of H-pyrrole nitrogens is 1. The summed E-state index contributed by atoms with van der Waals surface area (Å²) in [5.74, 6) is 1.85. The van der Waals surface area contributed by atoms with Crippen LogP contribution in [0.25, 0.3) is 11.0 Å². The number of aromatic nitrogens is 2. The van der Waals surface area contributed by atoms with Crippen molar-refractivity contribution in [2.45, 2.75) is 44.8 Å². The van der Waals surface area contributed by atoms with Crippen LogP contribution >= 0.6 is 0 Å². The molecule has 0 bridgehead atoms. The summed E-state index contributed by atoms with van der Waals surface area (Å²) >= 11 is 0. The maximum Gasteiger partial charge on any atom is 0.289 e. The summed E-state index contributed by atoms with van der Waals surface area (Å²) in [6.07, 6.45) is 4.31. The standard InChI is InChI=1S/C22H28N4O3/c1-13(27)23-19-8-15-10-26(11-16(15)9-20(19)29-12-14-6-7-14)22(28)21-24-17-4-2-3-5-18(17)25-21/h2-5,14-16,19-20H,6-12H2,1H3,(H,23,27)(H,24,25)/t15-,16+,19-,20-/m1/s1. The molecule has 0 unspecified atom stereocenters. The molecule has 1 aromatic carbocycles. The summed E-state index contributed by atoms with van der Waals surface area (Å²) < 4.78 is 6.21. The third-order valence-corrected chi connectivity index (χ3v) is 6.63. The Kier molecular flexibility index (Phi) is 4.78. The van der Waals surface area contributed by atoms with E-state index >= 15 is 0 Å². The lowest BCUT2D eigenvalue weighted by Gasteiger charge is -2.38. The van der Waals surface area contributed by atoms with Crippen molar-refractivity contribution >= 4 is 22.8 Å². The van der Waals surface area contributed by atoms with Crippen LogP contribution in [0.3, 0.4) is 0 Å². The normalized spacial score (nSPS) is 29.1. The molecule has 1 aliphatic heterocycles. The Balaban J connectivity index is 1.28. The third-order valence-electron chi connectivity index (χ3n) is 6.63. The number of nitrogens with one attached hydrogen (secondary N) is 2. The van der Waals surface area contributed by atoms with Gasteiger partial charge < -0.3 is 19.9 Å². The first-order chi connectivity index (χ1) is 14.1. The Morgan fingerprint density at radius 3 is 2.69 bits per heavy atom. The number of fused-ring (bicyclic) bond motifs is 2. The van der Waals surface area contributed by atoms with Gasteiger partial charge in [0.15, 0.2) is 5.82 Å². The molecule has 1 saturated heterocycles. The number of carbonyl (C=O) groups is 2. The Hall–Kier alpha value is -2.41. The van der Waals surface area contributed by atoms with Crippen molar-refractivity contribution in [2.24, 2.45) is 17.8 Å². The number of para-hydroxylation sites is 2. The van der Waals surface area contributed by atoms with Gasteiger partial charge in [-0.1, -0.05) is 12.1 Å². The number of nitrogens with zero attached hydrogens (tertiary/aromatic N) is 2. The maximum absolute atomic E-state index is 13.1. The molecule has 2 aliphatic carbocycles. The molecule has 2 saturated carbocycles. The van der Waals surface area contributed by atoms with Crippen molar-refractivity contribution < 1.29 is 14.3 Å². The quantitative estimate of drug-likeness (QED) is 0.812. The SMILES string of the molecule is CC(=O)N[C@@H]1C[C@@H]2CN(C(=O)c3nc4ccccc4[nH]3)C[C@@H]2C[C@H]1OCC1CC1. The van der Waals surface area contributed by atoms with Crippen LogP contribution in [0.1, 0.15) is 43.2 Å². The number of hydrogen-bond acceptors (Lipinski definition) is 4. The zero-order valence-electron chi connectivity index (χ0n) is 16.8. The van der Waals surface area contributed by atoms with E-state index in [1.165, 1.54) is 12.8 Å². The number of hydrogen-bond donors (Lipinski definition) is 2. The van der Waals surface area contributed by atoms with Gasteiger partial charge in [-0.3, -0.25) is 9.59 Å². The van der Waals surface area contributed by atoms with E-state index in [0.29, 0.717) is 30.1 Å². The van der Waals surface area contributed by atoms with Crippen LogP contribution in [0, 0.1) is 17.8 Å². The minimum absolute atomic E-state index is 0.0123. The minimum Gasteiger partial charge on any atom is -0.376 e. The van der Waals surface area contributed by atoms with Crippen LogP contribution in [0.15, 0.2) is 24.3 Å². The van der Waals surface area contributed by atoms with Gasteiger partial charge in [0.2, 0.25) is 5.91 Å². The Morgan fingerprint density at radius 2 is 1.97 bits per heavy atom. The zero-order chi connectivity index (χ0) is 20.0. The molecule has 0 radical (unpaired) electrons. The lowest BCUT2D eigenvalue weighted by Crippen LogP contribution is -2.50. The predicted molar refractivity (Wildman–Crippen MR) is 108 cm³/mol. The highest BCUT2D eigenvalue weighted by molar-refractivity contribution is 5.94. The van der Waals surface area contributed by atoms with Crippen LogP contribution in [-0.2, 0) is 9.53 Å². The second-order valence-electron chi connectivity index (χ2n) is 8.93. The van der Waals surface area contributed by atoms with Crippen LogP contribution in [0.4, 0.5) is 0 Å². The van der Waals surface area contributed by atoms with Gasteiger partial charge in [0.1, 0.15) is 0 Å². The second-order valence-corrected chi connectivity index (χ2v) is 8.93. The Labute approximate surface area is 170 Å². The summed E-state index contributed by atoms with van der Waals surface area (Å²) in [7, 11) is 0. The fourth-order valence-electron chi connectivity index (χ4n) is 4.92. The van der Waals surface area contributed by atoms with Gasteiger partial charge in [-0.05, 0) is 55.6 Å². The minimum atomic E-state index is -0.0397. The molecule has 29 heavy (non-hydrogen) atoms. The van der Waals surface area contributed by atoms with Crippen molar-refractivity contribution in [2.75, 3.05) is 19.7 Å². The molecule has 2 aromatic rings. The highest BCUT2D eigenvalue weighted by Gasteiger charge is 2.45. The number of benzene rings is 1. The number of rotatable bonds is 5. The topological polar surface area (TPSA) is 87.3 Å². The largest absolute Gasteiger partial charge is 0.376 e. The zero-order valence-corrected chi connectivity index (χ0v) is 16.8. The molecule has 1 aromatic heterocycles. The summed E-state index contributed by atoms with van der Waals surface area (Å²) in [5.41, 5.74) is 1.69. The first-order valence-corrected chi connectivity index (χ1v) is 10.7. The monoisotopic (exact) mass is 396 g/mol. The molecule has 7 heteroatoms. The first kappa shape index (κ1) is 18.6. The average Bonchev–Trinajstić information content (AvgIpc) is 3.28. The fraction of sp³-hybridized carbons (Fsp3) is 0.591. The first-order valence-electron chi connectivity index (χ1n) is 10.7. The lowest BCUT2D eigenvalue weighted by molar-refractivity contribution is -0.122. The number of amides is 2. The third kappa shape index (κ3) is 3.88. The molecule has 154 valence electrons. The highest BCUT2D eigenvalue weighted by Crippen LogP contribution is 2.39. The van der Waals surface area contributed by atoms with Crippen molar-refractivity contribution in [1.82, 2.24) is 20.2 Å². The van der Waals surface area contributed by atoms with Gasteiger partial charge in [0.25, 0.3) is 5.91 Å². The average molecular weight is 396 g/mol. The van der Waals surface area contributed by atoms with Gasteiger partial charge in [-0.25, -0.2) is 4.98 Å². The molecule has 3 fully saturated rings. The van der Waals surface area contributed by atoms with Gasteiger partial charge in [-0.2, -0.15) is 0 Å². The van der Waals surface area contributed by atoms with E-state index in [2.05, 4.69) is 15.3 Å². The van der Waals surface area contributed by atoms with Gasteiger partial charge >= 0.3 is 0 Å². The second kappa shape index (κ2) is 7.44. The number of ether oxygens (including phenoxy) is 1. The molecule has 5 rings (SSSR count). The van der Waals surface area contributed by atoms with Crippen molar-refractivity contribution in [1.29, 1.82) is 0 Å². The van der Waals surface area contributed by atoms with Crippen LogP contribution in [0.5, 0.6) is 0 Å². The van der Waals surface area contributed by atoms with Crippen LogP contribution in [0.2, 0.25) is 0 Å².